The number of amides is 2. The van der Waals surface area contributed by atoms with Crippen molar-refractivity contribution in [3.05, 3.63) is 0 Å². The quantitative estimate of drug-likeness (QED) is 0.631. The average molecular weight is 186 g/mol. The summed E-state index contributed by atoms with van der Waals surface area (Å²) in [7, 11) is 3.99. The minimum absolute atomic E-state index is 0.175. The van der Waals surface area contributed by atoms with Crippen LogP contribution >= 0.6 is 0 Å². The van der Waals surface area contributed by atoms with Crippen molar-refractivity contribution >= 4 is 11.8 Å². The number of nitrogens with zero attached hydrogens (tertiary/aromatic N) is 1. The van der Waals surface area contributed by atoms with Crippen LogP contribution in [0.4, 0.5) is 0 Å². The van der Waals surface area contributed by atoms with Crippen LogP contribution in [0.5, 0.6) is 0 Å². The molecule has 0 aliphatic rings. The standard InChI is InChI=1S/C9H18N2O2/c1-8(12)10-9(13)6-4-5-7-11(2)3/h4-7H2,1-3H3,(H,10,12,13). The number of rotatable bonds is 5. The van der Waals surface area contributed by atoms with Crippen LogP contribution in [-0.4, -0.2) is 37.4 Å². The minimum atomic E-state index is -0.280. The summed E-state index contributed by atoms with van der Waals surface area (Å²) in [5.74, 6) is -0.455. The van der Waals surface area contributed by atoms with Crippen molar-refractivity contribution < 1.29 is 9.59 Å². The van der Waals surface area contributed by atoms with Gasteiger partial charge in [0.1, 0.15) is 0 Å². The third kappa shape index (κ3) is 9.01. The van der Waals surface area contributed by atoms with E-state index in [0.29, 0.717) is 6.42 Å². The van der Waals surface area contributed by atoms with Crippen LogP contribution in [0.3, 0.4) is 0 Å². The van der Waals surface area contributed by atoms with Crippen molar-refractivity contribution in [2.75, 3.05) is 20.6 Å². The summed E-state index contributed by atoms with van der Waals surface area (Å²) in [4.78, 5) is 23.5. The molecule has 0 atom stereocenters. The van der Waals surface area contributed by atoms with Crippen LogP contribution in [0, 0.1) is 0 Å². The molecule has 0 saturated heterocycles. The molecule has 13 heavy (non-hydrogen) atoms. The van der Waals surface area contributed by atoms with Gasteiger partial charge in [-0.2, -0.15) is 0 Å². The molecule has 0 aromatic rings. The van der Waals surface area contributed by atoms with Crippen LogP contribution in [-0.2, 0) is 9.59 Å². The van der Waals surface area contributed by atoms with E-state index in [9.17, 15) is 9.59 Å². The van der Waals surface area contributed by atoms with Crippen molar-refractivity contribution in [1.82, 2.24) is 10.2 Å². The number of nitrogens with one attached hydrogen (secondary N) is 1. The van der Waals surface area contributed by atoms with Gasteiger partial charge in [-0.05, 0) is 33.5 Å². The molecular formula is C9H18N2O2. The van der Waals surface area contributed by atoms with Crippen LogP contribution in [0.2, 0.25) is 0 Å². The fraction of sp³-hybridized carbons (Fsp3) is 0.778. The predicted octanol–water partition coefficient (Wildman–Crippen LogP) is 0.381. The Kier molecular flexibility index (Phi) is 6.14. The maximum atomic E-state index is 11.0. The molecular weight excluding hydrogens is 168 g/mol. The number of imide groups is 1. The van der Waals surface area contributed by atoms with Crippen molar-refractivity contribution in [1.29, 1.82) is 0 Å². The molecule has 0 aromatic carbocycles. The van der Waals surface area contributed by atoms with E-state index in [1.807, 2.05) is 14.1 Å². The molecule has 0 bridgehead atoms. The Hall–Kier alpha value is -0.900. The van der Waals surface area contributed by atoms with Gasteiger partial charge in [0.15, 0.2) is 0 Å². The first-order valence-corrected chi connectivity index (χ1v) is 4.47. The SMILES string of the molecule is CC(=O)NC(=O)CCCCN(C)C. The molecule has 0 unspecified atom stereocenters. The Morgan fingerprint density at radius 1 is 1.23 bits per heavy atom. The summed E-state index contributed by atoms with van der Waals surface area (Å²) in [5.41, 5.74) is 0. The first-order valence-electron chi connectivity index (χ1n) is 4.47. The molecule has 0 radical (unpaired) electrons. The van der Waals surface area contributed by atoms with E-state index in [0.717, 1.165) is 19.4 Å². The Bertz CT molecular complexity index is 178. The zero-order valence-electron chi connectivity index (χ0n) is 8.59. The lowest BCUT2D eigenvalue weighted by Crippen LogP contribution is -2.27. The van der Waals surface area contributed by atoms with Crippen molar-refractivity contribution in [3.8, 4) is 0 Å². The maximum Gasteiger partial charge on any atom is 0.226 e. The van der Waals surface area contributed by atoms with Crippen molar-refractivity contribution in [2.24, 2.45) is 0 Å². The van der Waals surface area contributed by atoms with Gasteiger partial charge in [0.2, 0.25) is 11.8 Å². The molecule has 0 aliphatic heterocycles. The van der Waals surface area contributed by atoms with E-state index in [1.54, 1.807) is 0 Å². The van der Waals surface area contributed by atoms with Crippen molar-refractivity contribution in [3.63, 3.8) is 0 Å². The second-order valence-electron chi connectivity index (χ2n) is 3.36. The highest BCUT2D eigenvalue weighted by Crippen LogP contribution is 1.95. The third-order valence-electron chi connectivity index (χ3n) is 1.57. The summed E-state index contributed by atoms with van der Waals surface area (Å²) in [6.07, 6.45) is 2.25. The van der Waals surface area contributed by atoms with Crippen LogP contribution < -0.4 is 5.32 Å². The molecule has 0 aliphatic carbocycles. The second-order valence-corrected chi connectivity index (χ2v) is 3.36. The van der Waals surface area contributed by atoms with Gasteiger partial charge in [-0.3, -0.25) is 14.9 Å². The number of hydrogen-bond acceptors (Lipinski definition) is 3. The maximum absolute atomic E-state index is 11.0. The molecule has 4 heteroatoms. The van der Waals surface area contributed by atoms with Gasteiger partial charge in [-0.25, -0.2) is 0 Å². The smallest absolute Gasteiger partial charge is 0.226 e. The number of carbonyl (C=O) groups is 2. The first kappa shape index (κ1) is 12.1. The van der Waals surface area contributed by atoms with Crippen LogP contribution in [0.25, 0.3) is 0 Å². The lowest BCUT2D eigenvalue weighted by molar-refractivity contribution is -0.129. The number of unbranched alkanes of at least 4 members (excludes halogenated alkanes) is 1. The van der Waals surface area contributed by atoms with Gasteiger partial charge in [0.25, 0.3) is 0 Å². The third-order valence-corrected chi connectivity index (χ3v) is 1.57. The topological polar surface area (TPSA) is 49.4 Å². The summed E-state index contributed by atoms with van der Waals surface area (Å²) >= 11 is 0. The summed E-state index contributed by atoms with van der Waals surface area (Å²) in [6.45, 7) is 2.32. The van der Waals surface area contributed by atoms with E-state index in [1.165, 1.54) is 6.92 Å². The average Bonchev–Trinajstić information content (AvgIpc) is 1.96. The van der Waals surface area contributed by atoms with E-state index >= 15 is 0 Å². The highest BCUT2D eigenvalue weighted by atomic mass is 16.2. The zero-order valence-corrected chi connectivity index (χ0v) is 8.59. The minimum Gasteiger partial charge on any atom is -0.309 e. The summed E-state index contributed by atoms with van der Waals surface area (Å²) in [5, 5.41) is 2.24. The number of hydrogen-bond donors (Lipinski definition) is 1. The molecule has 0 aromatic heterocycles. The molecule has 0 spiro atoms. The zero-order chi connectivity index (χ0) is 10.3. The highest BCUT2D eigenvalue weighted by molar-refractivity contribution is 5.93. The molecule has 1 N–H and O–H groups in total. The van der Waals surface area contributed by atoms with Gasteiger partial charge >= 0.3 is 0 Å². The highest BCUT2D eigenvalue weighted by Gasteiger charge is 2.02. The second kappa shape index (κ2) is 6.60. The molecule has 2 amide bonds. The van der Waals surface area contributed by atoms with Gasteiger partial charge in [-0.1, -0.05) is 0 Å². The largest absolute Gasteiger partial charge is 0.309 e. The lowest BCUT2D eigenvalue weighted by atomic mass is 10.2. The molecule has 0 heterocycles. The van der Waals surface area contributed by atoms with Gasteiger partial charge in [-0.15, -0.1) is 0 Å². The van der Waals surface area contributed by atoms with E-state index in [4.69, 9.17) is 0 Å². The normalized spacial score (nSPS) is 10.2. The molecule has 76 valence electrons. The fourth-order valence-electron chi connectivity index (χ4n) is 0.972. The lowest BCUT2D eigenvalue weighted by Gasteiger charge is -2.08. The van der Waals surface area contributed by atoms with E-state index in [-0.39, 0.29) is 11.8 Å². The Labute approximate surface area is 79.3 Å². The Balaban J connectivity index is 3.32. The van der Waals surface area contributed by atoms with E-state index < -0.39 is 0 Å². The van der Waals surface area contributed by atoms with Gasteiger partial charge in [0, 0.05) is 13.3 Å². The first-order chi connectivity index (χ1) is 6.02. The Morgan fingerprint density at radius 3 is 2.31 bits per heavy atom. The predicted molar refractivity (Wildman–Crippen MR) is 51.2 cm³/mol. The summed E-state index contributed by atoms with van der Waals surface area (Å²) in [6, 6.07) is 0. The fourth-order valence-corrected chi connectivity index (χ4v) is 0.972. The molecule has 0 rings (SSSR count). The van der Waals surface area contributed by atoms with Gasteiger partial charge < -0.3 is 4.90 Å². The Morgan fingerprint density at radius 2 is 1.85 bits per heavy atom. The van der Waals surface area contributed by atoms with Gasteiger partial charge in [0.05, 0.1) is 0 Å². The summed E-state index contributed by atoms with van der Waals surface area (Å²) < 4.78 is 0. The van der Waals surface area contributed by atoms with Crippen LogP contribution in [0.1, 0.15) is 26.2 Å². The molecule has 0 saturated carbocycles. The molecule has 4 nitrogen and oxygen atoms in total. The van der Waals surface area contributed by atoms with Crippen LogP contribution in [0.15, 0.2) is 0 Å². The monoisotopic (exact) mass is 186 g/mol. The molecule has 0 fully saturated rings. The number of carbonyl (C=O) groups excluding carboxylic acids is 2. The van der Waals surface area contributed by atoms with E-state index in [2.05, 4.69) is 10.2 Å². The van der Waals surface area contributed by atoms with Crippen molar-refractivity contribution in [2.45, 2.75) is 26.2 Å².